The van der Waals surface area contributed by atoms with Gasteiger partial charge in [-0.2, -0.15) is 0 Å². The highest BCUT2D eigenvalue weighted by Gasteiger charge is 2.26. The van der Waals surface area contributed by atoms with Gasteiger partial charge in [0.15, 0.2) is 0 Å². The van der Waals surface area contributed by atoms with E-state index in [1.54, 1.807) is 12.5 Å². The van der Waals surface area contributed by atoms with Crippen molar-refractivity contribution in [1.82, 2.24) is 9.55 Å². The van der Waals surface area contributed by atoms with Crippen LogP contribution in [0.25, 0.3) is 0 Å². The van der Waals surface area contributed by atoms with Crippen LogP contribution < -0.4 is 0 Å². The first-order valence-electron chi connectivity index (χ1n) is 3.61. The Balaban J connectivity index is 2.16. The van der Waals surface area contributed by atoms with Crippen LogP contribution in [-0.2, 0) is 4.74 Å². The molecule has 0 aliphatic carbocycles. The van der Waals surface area contributed by atoms with Gasteiger partial charge in [0.05, 0.1) is 25.6 Å². The van der Waals surface area contributed by atoms with Crippen molar-refractivity contribution in [2.45, 2.75) is 12.1 Å². The Hall–Kier alpha value is -0.870. The smallest absolute Gasteiger partial charge is 0.100 e. The van der Waals surface area contributed by atoms with Gasteiger partial charge >= 0.3 is 0 Å². The summed E-state index contributed by atoms with van der Waals surface area (Å²) in [5, 5.41) is 9.39. The predicted molar refractivity (Wildman–Crippen MR) is 38.1 cm³/mol. The van der Waals surface area contributed by atoms with Gasteiger partial charge in [0.1, 0.15) is 6.10 Å². The van der Waals surface area contributed by atoms with Crippen LogP contribution in [-0.4, -0.2) is 34.0 Å². The summed E-state index contributed by atoms with van der Waals surface area (Å²) in [6.45, 7) is 1.01. The maximum Gasteiger partial charge on any atom is 0.100 e. The van der Waals surface area contributed by atoms with E-state index in [1.807, 2.05) is 10.8 Å². The molecule has 60 valence electrons. The normalized spacial score (nSPS) is 31.0. The van der Waals surface area contributed by atoms with Crippen molar-refractivity contribution in [3.63, 3.8) is 0 Å². The quantitative estimate of drug-likeness (QED) is 0.610. The number of nitrogens with zero attached hydrogens (tertiary/aromatic N) is 2. The van der Waals surface area contributed by atoms with Crippen LogP contribution in [0.5, 0.6) is 0 Å². The van der Waals surface area contributed by atoms with Gasteiger partial charge in [0.25, 0.3) is 0 Å². The lowest BCUT2D eigenvalue weighted by Crippen LogP contribution is -2.20. The standard InChI is InChI=1S/C7H10N2O2/c10-7-4-11-3-6(7)9-2-1-8-5-9/h1-2,5-7,10H,3-4H2/t6?,7-/m1/s1. The van der Waals surface area contributed by atoms with Crippen LogP contribution in [0, 0.1) is 0 Å². The summed E-state index contributed by atoms with van der Waals surface area (Å²) in [5.41, 5.74) is 0. The molecule has 1 N–H and O–H groups in total. The second-order valence-electron chi connectivity index (χ2n) is 2.68. The largest absolute Gasteiger partial charge is 0.388 e. The lowest BCUT2D eigenvalue weighted by molar-refractivity contribution is 0.119. The molecule has 1 fully saturated rings. The molecule has 1 saturated heterocycles. The third kappa shape index (κ3) is 1.15. The van der Waals surface area contributed by atoms with E-state index < -0.39 is 0 Å². The van der Waals surface area contributed by atoms with Crippen LogP contribution in [0.3, 0.4) is 0 Å². The van der Waals surface area contributed by atoms with Crippen molar-refractivity contribution < 1.29 is 9.84 Å². The van der Waals surface area contributed by atoms with Crippen LogP contribution >= 0.6 is 0 Å². The maximum atomic E-state index is 9.39. The van der Waals surface area contributed by atoms with Gasteiger partial charge in [-0.25, -0.2) is 4.98 Å². The van der Waals surface area contributed by atoms with Gasteiger partial charge in [0, 0.05) is 12.4 Å². The van der Waals surface area contributed by atoms with Crippen molar-refractivity contribution in [3.8, 4) is 0 Å². The summed E-state index contributed by atoms with van der Waals surface area (Å²) in [5.74, 6) is 0. The highest BCUT2D eigenvalue weighted by Crippen LogP contribution is 2.18. The fraction of sp³-hybridized carbons (Fsp3) is 0.571. The van der Waals surface area contributed by atoms with Crippen LogP contribution in [0.15, 0.2) is 18.7 Å². The van der Waals surface area contributed by atoms with Crippen molar-refractivity contribution in [2.24, 2.45) is 0 Å². The van der Waals surface area contributed by atoms with Gasteiger partial charge in [-0.15, -0.1) is 0 Å². The van der Waals surface area contributed by atoms with Gasteiger partial charge in [-0.3, -0.25) is 0 Å². The average Bonchev–Trinajstić information content (AvgIpc) is 2.55. The molecule has 1 unspecified atom stereocenters. The maximum absolute atomic E-state index is 9.39. The SMILES string of the molecule is O[C@@H]1COCC1n1ccnc1. The lowest BCUT2D eigenvalue weighted by Gasteiger charge is -2.12. The van der Waals surface area contributed by atoms with Crippen molar-refractivity contribution >= 4 is 0 Å². The van der Waals surface area contributed by atoms with E-state index in [9.17, 15) is 5.11 Å². The highest BCUT2D eigenvalue weighted by molar-refractivity contribution is 4.86. The van der Waals surface area contributed by atoms with Gasteiger partial charge in [-0.1, -0.05) is 0 Å². The number of ether oxygens (including phenoxy) is 1. The minimum atomic E-state index is -0.385. The Morgan fingerprint density at radius 3 is 3.00 bits per heavy atom. The predicted octanol–water partition coefficient (Wildman–Crippen LogP) is -0.185. The molecule has 1 aromatic heterocycles. The Bertz CT molecular complexity index is 222. The van der Waals surface area contributed by atoms with Crippen molar-refractivity contribution in [3.05, 3.63) is 18.7 Å². The second kappa shape index (κ2) is 2.64. The second-order valence-corrected chi connectivity index (χ2v) is 2.68. The summed E-state index contributed by atoms with van der Waals surface area (Å²) < 4.78 is 6.97. The van der Waals surface area contributed by atoms with Crippen LogP contribution in [0.4, 0.5) is 0 Å². The van der Waals surface area contributed by atoms with E-state index in [4.69, 9.17) is 4.74 Å². The molecular weight excluding hydrogens is 144 g/mol. The zero-order chi connectivity index (χ0) is 7.68. The molecule has 0 radical (unpaired) electrons. The first-order chi connectivity index (χ1) is 5.38. The van der Waals surface area contributed by atoms with Crippen LogP contribution in [0.1, 0.15) is 6.04 Å². The van der Waals surface area contributed by atoms with Gasteiger partial charge in [0.2, 0.25) is 0 Å². The summed E-state index contributed by atoms with van der Waals surface area (Å²) in [6.07, 6.45) is 4.85. The van der Waals surface area contributed by atoms with E-state index in [2.05, 4.69) is 4.98 Å². The summed E-state index contributed by atoms with van der Waals surface area (Å²) in [4.78, 5) is 3.90. The molecule has 0 saturated carbocycles. The highest BCUT2D eigenvalue weighted by atomic mass is 16.5. The molecule has 4 nitrogen and oxygen atoms in total. The summed E-state index contributed by atoms with van der Waals surface area (Å²) in [6, 6.07) is 0.0532. The molecular formula is C7H10N2O2. The minimum absolute atomic E-state index is 0.0532. The molecule has 1 aromatic rings. The van der Waals surface area contributed by atoms with E-state index >= 15 is 0 Å². The number of rotatable bonds is 1. The number of imidazole rings is 1. The topological polar surface area (TPSA) is 47.3 Å². The molecule has 2 rings (SSSR count). The lowest BCUT2D eigenvalue weighted by atomic mass is 10.2. The first-order valence-corrected chi connectivity index (χ1v) is 3.61. The van der Waals surface area contributed by atoms with E-state index in [0.717, 1.165) is 0 Å². The summed E-state index contributed by atoms with van der Waals surface area (Å²) >= 11 is 0. The van der Waals surface area contributed by atoms with Crippen molar-refractivity contribution in [2.75, 3.05) is 13.2 Å². The van der Waals surface area contributed by atoms with E-state index in [0.29, 0.717) is 13.2 Å². The average molecular weight is 154 g/mol. The zero-order valence-corrected chi connectivity index (χ0v) is 6.05. The zero-order valence-electron chi connectivity index (χ0n) is 6.05. The minimum Gasteiger partial charge on any atom is -0.388 e. The molecule has 0 bridgehead atoms. The Morgan fingerprint density at radius 1 is 1.55 bits per heavy atom. The molecule has 0 spiro atoms. The fourth-order valence-electron chi connectivity index (χ4n) is 1.28. The van der Waals surface area contributed by atoms with E-state index in [-0.39, 0.29) is 12.1 Å². The third-order valence-corrected chi connectivity index (χ3v) is 1.93. The van der Waals surface area contributed by atoms with E-state index in [1.165, 1.54) is 0 Å². The third-order valence-electron chi connectivity index (χ3n) is 1.93. The molecule has 0 aromatic carbocycles. The number of hydrogen-bond donors (Lipinski definition) is 1. The Labute approximate surface area is 64.4 Å². The number of aliphatic hydroxyl groups excluding tert-OH is 1. The monoisotopic (exact) mass is 154 g/mol. The van der Waals surface area contributed by atoms with Crippen LogP contribution in [0.2, 0.25) is 0 Å². The number of aromatic nitrogens is 2. The molecule has 2 atom stereocenters. The molecule has 0 amide bonds. The summed E-state index contributed by atoms with van der Waals surface area (Å²) in [7, 11) is 0. The number of aliphatic hydroxyl groups is 1. The van der Waals surface area contributed by atoms with Crippen molar-refractivity contribution in [1.29, 1.82) is 0 Å². The molecule has 1 aliphatic heterocycles. The molecule has 1 aliphatic rings. The fourth-order valence-corrected chi connectivity index (χ4v) is 1.28. The molecule has 11 heavy (non-hydrogen) atoms. The Kier molecular flexibility index (Phi) is 1.63. The molecule has 4 heteroatoms. The molecule has 2 heterocycles. The first kappa shape index (κ1) is 6.82. The van der Waals surface area contributed by atoms with Gasteiger partial charge < -0.3 is 14.4 Å². The Morgan fingerprint density at radius 2 is 2.45 bits per heavy atom. The number of hydrogen-bond acceptors (Lipinski definition) is 3. The van der Waals surface area contributed by atoms with Gasteiger partial charge in [-0.05, 0) is 0 Å².